The number of nitrogens with zero attached hydrogens (tertiary/aromatic N) is 4. The minimum Gasteiger partial charge on any atom is -0.447 e. The molecule has 4 atom stereocenters. The predicted molar refractivity (Wildman–Crippen MR) is 212 cm³/mol. The molecule has 3 fully saturated rings. The number of hydrogen-bond donors (Lipinski definition) is 1. The monoisotopic (exact) mass is 727 g/mol. The SMILES string of the molecule is C[C@@H](NC[C@@H](CC(=O)N1CCC(N2CCCCC2)CC1)N1C=CC=C(/C=C/c2ccccc2)[C@H](N2C(=O)OC[C@H]2c2ccccc2)C1=O)c1ccccc1. The molecular weight excluding hydrogens is 675 g/mol. The standard InChI is InChI=1S/C45H53N5O4/c1-34(36-17-8-3-9-18-36)46-32-40(31-42(51)48-29-24-39(25-30-48)47-26-12-5-13-27-47)49-28-14-21-38(23-22-35-15-6-2-7-16-35)43(44(49)52)50-41(33-54-45(50)53)37-19-10-4-11-20-37/h2-4,6-11,14-23,28,34,39-41,43,46H,5,12-13,24-27,29-33H2,1H3/b23-22+/t34-,40-,41+,43+/m1/s1. The van der Waals surface area contributed by atoms with Crippen molar-refractivity contribution in [3.05, 3.63) is 138 Å². The maximum absolute atomic E-state index is 15.2. The number of likely N-dealkylation sites (tertiary alicyclic amines) is 2. The van der Waals surface area contributed by atoms with Crippen molar-refractivity contribution < 1.29 is 19.1 Å². The number of hydrogen-bond acceptors (Lipinski definition) is 6. The Hall–Kier alpha value is -4.99. The molecule has 0 aromatic heterocycles. The van der Waals surface area contributed by atoms with Crippen LogP contribution in [0.3, 0.4) is 0 Å². The number of allylic oxidation sites excluding steroid dienone is 2. The second-order valence-electron chi connectivity index (χ2n) is 14.9. The van der Waals surface area contributed by atoms with Crippen molar-refractivity contribution in [1.29, 1.82) is 0 Å². The van der Waals surface area contributed by atoms with Gasteiger partial charge in [-0.05, 0) is 74.0 Å². The molecule has 4 aliphatic rings. The maximum atomic E-state index is 15.2. The maximum Gasteiger partial charge on any atom is 0.411 e. The van der Waals surface area contributed by atoms with Crippen LogP contribution in [0.4, 0.5) is 4.79 Å². The minimum absolute atomic E-state index is 0.00976. The van der Waals surface area contributed by atoms with Gasteiger partial charge < -0.3 is 24.8 Å². The minimum atomic E-state index is -0.982. The third-order valence-corrected chi connectivity index (χ3v) is 11.5. The number of carbonyl (C=O) groups is 3. The van der Waals surface area contributed by atoms with Crippen molar-refractivity contribution in [3.8, 4) is 0 Å². The van der Waals surface area contributed by atoms with Gasteiger partial charge in [0, 0.05) is 44.3 Å². The van der Waals surface area contributed by atoms with Crippen molar-refractivity contribution in [1.82, 2.24) is 24.9 Å². The molecule has 0 saturated carbocycles. The van der Waals surface area contributed by atoms with E-state index in [1.807, 2.05) is 108 Å². The molecule has 9 heteroatoms. The summed E-state index contributed by atoms with van der Waals surface area (Å²) in [4.78, 5) is 51.0. The number of amides is 3. The molecule has 9 nitrogen and oxygen atoms in total. The fraction of sp³-hybridized carbons (Fsp3) is 0.400. The van der Waals surface area contributed by atoms with E-state index in [4.69, 9.17) is 4.74 Å². The van der Waals surface area contributed by atoms with Crippen LogP contribution >= 0.6 is 0 Å². The van der Waals surface area contributed by atoms with E-state index in [2.05, 4.69) is 29.3 Å². The number of nitrogens with one attached hydrogen (secondary N) is 1. The summed E-state index contributed by atoms with van der Waals surface area (Å²) < 4.78 is 5.67. The second-order valence-corrected chi connectivity index (χ2v) is 14.9. The Morgan fingerprint density at radius 3 is 2.22 bits per heavy atom. The molecule has 3 aromatic carbocycles. The molecule has 3 amide bonds. The lowest BCUT2D eigenvalue weighted by atomic mass is 9.97. The van der Waals surface area contributed by atoms with Crippen molar-refractivity contribution in [3.63, 3.8) is 0 Å². The number of carbonyl (C=O) groups excluding carboxylic acids is 3. The van der Waals surface area contributed by atoms with Gasteiger partial charge in [0.15, 0.2) is 0 Å². The molecule has 7 rings (SSSR count). The summed E-state index contributed by atoms with van der Waals surface area (Å²) in [5, 5.41) is 3.64. The van der Waals surface area contributed by atoms with Gasteiger partial charge in [-0.1, -0.05) is 116 Å². The van der Waals surface area contributed by atoms with Crippen LogP contribution in [0.25, 0.3) is 6.08 Å². The Labute approximate surface area is 319 Å². The van der Waals surface area contributed by atoms with Crippen molar-refractivity contribution in [2.45, 2.75) is 75.7 Å². The number of ether oxygens (including phenoxy) is 1. The fourth-order valence-electron chi connectivity index (χ4n) is 8.37. The lowest BCUT2D eigenvalue weighted by molar-refractivity contribution is -0.138. The quantitative estimate of drug-likeness (QED) is 0.214. The highest BCUT2D eigenvalue weighted by Gasteiger charge is 2.46. The van der Waals surface area contributed by atoms with Gasteiger partial charge in [-0.15, -0.1) is 0 Å². The normalized spacial score (nSPS) is 22.6. The topological polar surface area (TPSA) is 85.4 Å². The van der Waals surface area contributed by atoms with Crippen LogP contribution in [0.15, 0.2) is 121 Å². The van der Waals surface area contributed by atoms with Gasteiger partial charge in [-0.3, -0.25) is 14.5 Å². The number of rotatable bonds is 12. The highest BCUT2D eigenvalue weighted by molar-refractivity contribution is 5.92. The van der Waals surface area contributed by atoms with Gasteiger partial charge in [0.05, 0.1) is 12.1 Å². The van der Waals surface area contributed by atoms with Crippen LogP contribution in [0.5, 0.6) is 0 Å². The lowest BCUT2D eigenvalue weighted by Gasteiger charge is -2.41. The largest absolute Gasteiger partial charge is 0.447 e. The van der Waals surface area contributed by atoms with Gasteiger partial charge in [-0.2, -0.15) is 0 Å². The zero-order chi connectivity index (χ0) is 37.3. The van der Waals surface area contributed by atoms with E-state index in [1.165, 1.54) is 19.3 Å². The Bertz CT molecular complexity index is 1800. The van der Waals surface area contributed by atoms with E-state index in [0.29, 0.717) is 18.2 Å². The zero-order valence-corrected chi connectivity index (χ0v) is 31.3. The molecule has 54 heavy (non-hydrogen) atoms. The van der Waals surface area contributed by atoms with Crippen LogP contribution in [-0.4, -0.2) is 95.0 Å². The Kier molecular flexibility index (Phi) is 12.4. The number of benzene rings is 3. The molecule has 4 heterocycles. The van der Waals surface area contributed by atoms with E-state index in [1.54, 1.807) is 16.0 Å². The molecule has 0 unspecified atom stereocenters. The third-order valence-electron chi connectivity index (χ3n) is 11.5. The summed E-state index contributed by atoms with van der Waals surface area (Å²) in [6.45, 7) is 6.38. The predicted octanol–water partition coefficient (Wildman–Crippen LogP) is 7.13. The van der Waals surface area contributed by atoms with Crippen LogP contribution < -0.4 is 5.32 Å². The van der Waals surface area contributed by atoms with Crippen LogP contribution in [0.1, 0.15) is 74.2 Å². The molecule has 0 radical (unpaired) electrons. The molecule has 0 bridgehead atoms. The third kappa shape index (κ3) is 8.86. The van der Waals surface area contributed by atoms with Crippen molar-refractivity contribution in [2.75, 3.05) is 39.3 Å². The first-order valence-corrected chi connectivity index (χ1v) is 19.7. The average molecular weight is 728 g/mol. The lowest BCUT2D eigenvalue weighted by Crippen LogP contribution is -2.54. The van der Waals surface area contributed by atoms with Gasteiger partial charge in [-0.25, -0.2) is 4.79 Å². The smallest absolute Gasteiger partial charge is 0.411 e. The average Bonchev–Trinajstić information content (AvgIpc) is 3.53. The molecule has 4 aliphatic heterocycles. The number of piperidine rings is 2. The zero-order valence-electron chi connectivity index (χ0n) is 31.3. The number of cyclic esters (lactones) is 1. The Morgan fingerprint density at radius 1 is 0.852 bits per heavy atom. The van der Waals surface area contributed by atoms with Gasteiger partial charge in [0.1, 0.15) is 12.6 Å². The van der Waals surface area contributed by atoms with E-state index < -0.39 is 24.2 Å². The van der Waals surface area contributed by atoms with Crippen molar-refractivity contribution in [2.24, 2.45) is 0 Å². The first-order valence-electron chi connectivity index (χ1n) is 19.7. The summed E-state index contributed by atoms with van der Waals surface area (Å²) in [7, 11) is 0. The summed E-state index contributed by atoms with van der Waals surface area (Å²) in [5.41, 5.74) is 3.66. The Balaban J connectivity index is 1.17. The van der Waals surface area contributed by atoms with E-state index >= 15 is 4.79 Å². The van der Waals surface area contributed by atoms with Crippen molar-refractivity contribution >= 4 is 24.0 Å². The highest BCUT2D eigenvalue weighted by atomic mass is 16.6. The molecule has 0 spiro atoms. The van der Waals surface area contributed by atoms with E-state index in [9.17, 15) is 9.59 Å². The second kappa shape index (κ2) is 17.9. The van der Waals surface area contributed by atoms with Gasteiger partial charge in [0.2, 0.25) is 5.91 Å². The van der Waals surface area contributed by atoms with Crippen LogP contribution in [-0.2, 0) is 14.3 Å². The van der Waals surface area contributed by atoms with Crippen LogP contribution in [0, 0.1) is 0 Å². The highest BCUT2D eigenvalue weighted by Crippen LogP contribution is 2.35. The fourth-order valence-corrected chi connectivity index (χ4v) is 8.37. The molecule has 3 saturated heterocycles. The molecule has 282 valence electrons. The molecule has 0 aliphatic carbocycles. The van der Waals surface area contributed by atoms with Gasteiger partial charge >= 0.3 is 6.09 Å². The van der Waals surface area contributed by atoms with Crippen LogP contribution in [0.2, 0.25) is 0 Å². The first kappa shape index (κ1) is 37.3. The summed E-state index contributed by atoms with van der Waals surface area (Å²) in [5.74, 6) is -0.226. The molecule has 1 N–H and O–H groups in total. The molecular formula is C45H53N5O4. The molecule has 3 aromatic rings. The summed E-state index contributed by atoms with van der Waals surface area (Å²) in [6.07, 6.45) is 14.8. The van der Waals surface area contributed by atoms with E-state index in [0.717, 1.165) is 55.7 Å². The van der Waals surface area contributed by atoms with E-state index in [-0.39, 0.29) is 30.9 Å². The summed E-state index contributed by atoms with van der Waals surface area (Å²) >= 11 is 0. The Morgan fingerprint density at radius 2 is 1.52 bits per heavy atom. The van der Waals surface area contributed by atoms with Gasteiger partial charge in [0.25, 0.3) is 5.91 Å². The summed E-state index contributed by atoms with van der Waals surface area (Å²) in [6, 6.07) is 28.4. The first-order chi connectivity index (χ1) is 26.5.